The summed E-state index contributed by atoms with van der Waals surface area (Å²) in [6.45, 7) is 1.44. The second-order valence-electron chi connectivity index (χ2n) is 6.05. The smallest absolute Gasteiger partial charge is 0.254 e. The SMILES string of the molecule is COCCN(Cc1ccc(OC)cc1)C(=O)c1ccccc1-c1ncc[nH]1. The van der Waals surface area contributed by atoms with Crippen molar-refractivity contribution in [3.63, 3.8) is 0 Å². The number of aromatic nitrogens is 2. The zero-order valence-electron chi connectivity index (χ0n) is 15.5. The summed E-state index contributed by atoms with van der Waals surface area (Å²) in [6, 6.07) is 15.2. The van der Waals surface area contributed by atoms with Crippen molar-refractivity contribution in [1.29, 1.82) is 0 Å². The molecule has 0 atom stereocenters. The van der Waals surface area contributed by atoms with Crippen LogP contribution in [0.15, 0.2) is 60.9 Å². The van der Waals surface area contributed by atoms with E-state index in [0.29, 0.717) is 31.1 Å². The molecule has 1 aromatic heterocycles. The summed E-state index contributed by atoms with van der Waals surface area (Å²) in [6.07, 6.45) is 3.42. The average Bonchev–Trinajstić information content (AvgIpc) is 3.26. The molecule has 1 heterocycles. The van der Waals surface area contributed by atoms with E-state index in [1.807, 2.05) is 48.5 Å². The largest absolute Gasteiger partial charge is 0.497 e. The Morgan fingerprint density at radius 2 is 1.89 bits per heavy atom. The number of carbonyl (C=O) groups excluding carboxylic acids is 1. The fraction of sp³-hybridized carbons (Fsp3) is 0.238. The number of hydrogen-bond acceptors (Lipinski definition) is 4. The Hall–Kier alpha value is -3.12. The second-order valence-corrected chi connectivity index (χ2v) is 6.05. The highest BCUT2D eigenvalue weighted by molar-refractivity contribution is 6.00. The first-order valence-electron chi connectivity index (χ1n) is 8.73. The number of methoxy groups -OCH3 is 2. The quantitative estimate of drug-likeness (QED) is 0.665. The number of carbonyl (C=O) groups is 1. The molecular weight excluding hydrogens is 342 g/mol. The van der Waals surface area contributed by atoms with Crippen LogP contribution in [0.3, 0.4) is 0 Å². The highest BCUT2D eigenvalue weighted by atomic mass is 16.5. The number of rotatable bonds is 8. The number of amides is 1. The van der Waals surface area contributed by atoms with Crippen LogP contribution in [-0.2, 0) is 11.3 Å². The molecule has 3 aromatic rings. The highest BCUT2D eigenvalue weighted by Gasteiger charge is 2.20. The Balaban J connectivity index is 1.87. The van der Waals surface area contributed by atoms with Gasteiger partial charge in [0.25, 0.3) is 5.91 Å². The number of H-pyrrole nitrogens is 1. The molecule has 0 saturated heterocycles. The number of aromatic amines is 1. The van der Waals surface area contributed by atoms with Crippen LogP contribution in [0.1, 0.15) is 15.9 Å². The van der Waals surface area contributed by atoms with Crippen molar-refractivity contribution in [2.45, 2.75) is 6.54 Å². The molecule has 0 unspecified atom stereocenters. The fourth-order valence-electron chi connectivity index (χ4n) is 2.86. The molecule has 3 rings (SSSR count). The minimum atomic E-state index is -0.0603. The lowest BCUT2D eigenvalue weighted by molar-refractivity contribution is 0.0681. The van der Waals surface area contributed by atoms with Gasteiger partial charge in [0.2, 0.25) is 0 Å². The van der Waals surface area contributed by atoms with Crippen molar-refractivity contribution in [2.75, 3.05) is 27.4 Å². The minimum Gasteiger partial charge on any atom is -0.497 e. The van der Waals surface area contributed by atoms with Gasteiger partial charge in [-0.2, -0.15) is 0 Å². The van der Waals surface area contributed by atoms with Gasteiger partial charge in [0.15, 0.2) is 0 Å². The van der Waals surface area contributed by atoms with Crippen LogP contribution in [0, 0.1) is 0 Å². The summed E-state index contributed by atoms with van der Waals surface area (Å²) in [4.78, 5) is 22.4. The first kappa shape index (κ1) is 18.7. The van der Waals surface area contributed by atoms with Gasteiger partial charge in [-0.1, -0.05) is 30.3 Å². The standard InChI is InChI=1S/C21H23N3O3/c1-26-14-13-24(15-16-7-9-17(27-2)10-8-16)21(25)19-6-4-3-5-18(19)20-22-11-12-23-20/h3-12H,13-15H2,1-2H3,(H,22,23). The number of nitrogens with zero attached hydrogens (tertiary/aromatic N) is 2. The summed E-state index contributed by atoms with van der Waals surface area (Å²) in [5.74, 6) is 1.40. The van der Waals surface area contributed by atoms with Crippen molar-refractivity contribution >= 4 is 5.91 Å². The maximum Gasteiger partial charge on any atom is 0.254 e. The summed E-state index contributed by atoms with van der Waals surface area (Å²) in [5.41, 5.74) is 2.41. The predicted octanol–water partition coefficient (Wildman–Crippen LogP) is 3.37. The Kier molecular flexibility index (Phi) is 6.22. The number of benzene rings is 2. The first-order chi connectivity index (χ1) is 13.2. The van der Waals surface area contributed by atoms with Crippen molar-refractivity contribution in [2.24, 2.45) is 0 Å². The highest BCUT2D eigenvalue weighted by Crippen LogP contribution is 2.22. The fourth-order valence-corrected chi connectivity index (χ4v) is 2.86. The van der Waals surface area contributed by atoms with E-state index in [9.17, 15) is 4.79 Å². The number of nitrogens with one attached hydrogen (secondary N) is 1. The molecule has 0 aliphatic rings. The van der Waals surface area contributed by atoms with E-state index >= 15 is 0 Å². The molecule has 0 fully saturated rings. The Labute approximate surface area is 158 Å². The number of hydrogen-bond donors (Lipinski definition) is 1. The van der Waals surface area contributed by atoms with E-state index in [1.165, 1.54) is 0 Å². The van der Waals surface area contributed by atoms with Crippen LogP contribution in [0.4, 0.5) is 0 Å². The third-order valence-corrected chi connectivity index (χ3v) is 4.30. The van der Waals surface area contributed by atoms with Crippen molar-refractivity contribution in [3.8, 4) is 17.1 Å². The summed E-state index contributed by atoms with van der Waals surface area (Å²) in [5, 5.41) is 0. The van der Waals surface area contributed by atoms with E-state index in [-0.39, 0.29) is 5.91 Å². The van der Waals surface area contributed by atoms with Gasteiger partial charge in [-0.3, -0.25) is 4.79 Å². The maximum atomic E-state index is 13.3. The van der Waals surface area contributed by atoms with Crippen LogP contribution in [0.25, 0.3) is 11.4 Å². The molecule has 1 N–H and O–H groups in total. The predicted molar refractivity (Wildman–Crippen MR) is 104 cm³/mol. The molecule has 0 radical (unpaired) electrons. The van der Waals surface area contributed by atoms with Crippen LogP contribution in [0.2, 0.25) is 0 Å². The monoisotopic (exact) mass is 365 g/mol. The minimum absolute atomic E-state index is 0.0603. The van der Waals surface area contributed by atoms with Crippen LogP contribution < -0.4 is 4.74 Å². The van der Waals surface area contributed by atoms with Gasteiger partial charge >= 0.3 is 0 Å². The van der Waals surface area contributed by atoms with E-state index in [4.69, 9.17) is 9.47 Å². The summed E-state index contributed by atoms with van der Waals surface area (Å²) in [7, 11) is 3.27. The van der Waals surface area contributed by atoms with Crippen LogP contribution >= 0.6 is 0 Å². The molecule has 1 amide bonds. The lowest BCUT2D eigenvalue weighted by atomic mass is 10.1. The lowest BCUT2D eigenvalue weighted by Gasteiger charge is -2.23. The van der Waals surface area contributed by atoms with Crippen LogP contribution in [-0.4, -0.2) is 48.1 Å². The van der Waals surface area contributed by atoms with Crippen molar-refractivity contribution in [1.82, 2.24) is 14.9 Å². The summed E-state index contributed by atoms with van der Waals surface area (Å²) < 4.78 is 10.4. The number of imidazole rings is 1. The summed E-state index contributed by atoms with van der Waals surface area (Å²) >= 11 is 0. The Morgan fingerprint density at radius 1 is 1.11 bits per heavy atom. The van der Waals surface area contributed by atoms with Gasteiger partial charge in [0, 0.05) is 38.2 Å². The Morgan fingerprint density at radius 3 is 2.56 bits per heavy atom. The third kappa shape index (κ3) is 4.54. The molecule has 0 aliphatic heterocycles. The van der Waals surface area contributed by atoms with E-state index < -0.39 is 0 Å². The zero-order chi connectivity index (χ0) is 19.1. The van der Waals surface area contributed by atoms with Gasteiger partial charge in [-0.15, -0.1) is 0 Å². The lowest BCUT2D eigenvalue weighted by Crippen LogP contribution is -2.33. The van der Waals surface area contributed by atoms with E-state index in [1.54, 1.807) is 31.5 Å². The molecule has 140 valence electrons. The van der Waals surface area contributed by atoms with Gasteiger partial charge in [0.05, 0.1) is 19.3 Å². The van der Waals surface area contributed by atoms with Gasteiger partial charge < -0.3 is 19.4 Å². The zero-order valence-corrected chi connectivity index (χ0v) is 15.5. The normalized spacial score (nSPS) is 10.6. The van der Waals surface area contributed by atoms with Gasteiger partial charge in [0.1, 0.15) is 11.6 Å². The average molecular weight is 365 g/mol. The van der Waals surface area contributed by atoms with Crippen molar-refractivity contribution < 1.29 is 14.3 Å². The molecule has 0 spiro atoms. The molecular formula is C21H23N3O3. The maximum absolute atomic E-state index is 13.3. The van der Waals surface area contributed by atoms with E-state index in [0.717, 1.165) is 16.9 Å². The second kappa shape index (κ2) is 9.00. The van der Waals surface area contributed by atoms with Crippen LogP contribution in [0.5, 0.6) is 5.75 Å². The molecule has 0 aliphatic carbocycles. The Bertz CT molecular complexity index is 861. The van der Waals surface area contributed by atoms with Gasteiger partial charge in [-0.05, 0) is 23.8 Å². The molecule has 2 aromatic carbocycles. The first-order valence-corrected chi connectivity index (χ1v) is 8.73. The molecule has 0 saturated carbocycles. The molecule has 0 bridgehead atoms. The molecule has 27 heavy (non-hydrogen) atoms. The number of ether oxygens (including phenoxy) is 2. The van der Waals surface area contributed by atoms with Crippen molar-refractivity contribution in [3.05, 3.63) is 72.1 Å². The topological polar surface area (TPSA) is 67.5 Å². The molecule has 6 nitrogen and oxygen atoms in total. The van der Waals surface area contributed by atoms with Gasteiger partial charge in [-0.25, -0.2) is 4.98 Å². The third-order valence-electron chi connectivity index (χ3n) is 4.30. The molecule has 6 heteroatoms. The van der Waals surface area contributed by atoms with E-state index in [2.05, 4.69) is 9.97 Å².